The van der Waals surface area contributed by atoms with Crippen LogP contribution in [0, 0.1) is 6.92 Å². The molecule has 0 heterocycles. The van der Waals surface area contributed by atoms with E-state index in [2.05, 4.69) is 24.5 Å². The van der Waals surface area contributed by atoms with Crippen molar-refractivity contribution in [1.29, 1.82) is 0 Å². The highest BCUT2D eigenvalue weighted by Crippen LogP contribution is 2.22. The number of ether oxygens (including phenoxy) is 1. The fourth-order valence-electron chi connectivity index (χ4n) is 1.77. The summed E-state index contributed by atoms with van der Waals surface area (Å²) in [5.41, 5.74) is 2.08. The summed E-state index contributed by atoms with van der Waals surface area (Å²) in [5.74, 6) is -0.519. The molecule has 1 aromatic rings. The van der Waals surface area contributed by atoms with E-state index in [1.54, 1.807) is 6.07 Å². The molecular formula is C16H22N2O4. The minimum absolute atomic E-state index is 0.162. The fraction of sp³-hybridized carbons (Fsp3) is 0.438. The molecule has 0 bridgehead atoms. The van der Waals surface area contributed by atoms with Crippen molar-refractivity contribution in [2.75, 3.05) is 13.1 Å². The number of carbonyl (C=O) groups excluding carboxylic acids is 3. The molecule has 1 aromatic carbocycles. The average Bonchev–Trinajstić information content (AvgIpc) is 2.42. The molecule has 0 aliphatic heterocycles. The largest absolute Gasteiger partial charge is 0.425 e. The minimum atomic E-state index is -0.559. The van der Waals surface area contributed by atoms with Gasteiger partial charge in [-0.25, -0.2) is 4.79 Å². The zero-order chi connectivity index (χ0) is 16.7. The van der Waals surface area contributed by atoms with Gasteiger partial charge in [0.05, 0.1) is 6.54 Å². The number of nitrogens with one attached hydrogen (secondary N) is 2. The van der Waals surface area contributed by atoms with Gasteiger partial charge in [0, 0.05) is 6.92 Å². The van der Waals surface area contributed by atoms with E-state index in [1.165, 1.54) is 6.92 Å². The van der Waals surface area contributed by atoms with E-state index in [9.17, 15) is 14.4 Å². The second-order valence-electron chi connectivity index (χ2n) is 5.39. The lowest BCUT2D eigenvalue weighted by atomic mass is 10.0. The van der Waals surface area contributed by atoms with Crippen LogP contribution in [-0.2, 0) is 14.4 Å². The van der Waals surface area contributed by atoms with Gasteiger partial charge < -0.3 is 15.4 Å². The molecule has 0 unspecified atom stereocenters. The molecule has 6 heteroatoms. The Morgan fingerprint density at radius 2 is 1.77 bits per heavy atom. The monoisotopic (exact) mass is 306 g/mol. The summed E-state index contributed by atoms with van der Waals surface area (Å²) in [4.78, 5) is 33.8. The number of aryl methyl sites for hydroxylation is 1. The lowest BCUT2D eigenvalue weighted by Gasteiger charge is -2.11. The molecule has 0 fully saturated rings. The van der Waals surface area contributed by atoms with Crippen LogP contribution in [0.4, 0.5) is 0 Å². The summed E-state index contributed by atoms with van der Waals surface area (Å²) >= 11 is 0. The van der Waals surface area contributed by atoms with Crippen LogP contribution in [0.25, 0.3) is 0 Å². The van der Waals surface area contributed by atoms with Gasteiger partial charge in [-0.3, -0.25) is 9.59 Å². The second-order valence-corrected chi connectivity index (χ2v) is 5.39. The maximum atomic E-state index is 11.7. The van der Waals surface area contributed by atoms with Crippen LogP contribution in [0.3, 0.4) is 0 Å². The molecule has 0 aliphatic carbocycles. The van der Waals surface area contributed by atoms with Gasteiger partial charge in [0.1, 0.15) is 12.3 Å². The zero-order valence-corrected chi connectivity index (χ0v) is 13.4. The summed E-state index contributed by atoms with van der Waals surface area (Å²) < 4.78 is 5.22. The van der Waals surface area contributed by atoms with Crippen molar-refractivity contribution < 1.29 is 19.1 Å². The Kier molecular flexibility index (Phi) is 6.56. The van der Waals surface area contributed by atoms with Crippen molar-refractivity contribution >= 4 is 17.8 Å². The van der Waals surface area contributed by atoms with E-state index in [-0.39, 0.29) is 19.0 Å². The van der Waals surface area contributed by atoms with E-state index < -0.39 is 11.9 Å². The van der Waals surface area contributed by atoms with E-state index >= 15 is 0 Å². The van der Waals surface area contributed by atoms with Crippen LogP contribution < -0.4 is 15.4 Å². The van der Waals surface area contributed by atoms with Crippen molar-refractivity contribution in [3.63, 3.8) is 0 Å². The van der Waals surface area contributed by atoms with Gasteiger partial charge in [-0.2, -0.15) is 0 Å². The van der Waals surface area contributed by atoms with E-state index in [4.69, 9.17) is 4.74 Å². The van der Waals surface area contributed by atoms with Gasteiger partial charge >= 0.3 is 5.97 Å². The van der Waals surface area contributed by atoms with Crippen molar-refractivity contribution in [2.45, 2.75) is 33.6 Å². The number of benzene rings is 1. The van der Waals surface area contributed by atoms with E-state index in [0.717, 1.165) is 11.1 Å². The lowest BCUT2D eigenvalue weighted by molar-refractivity contribution is -0.135. The predicted octanol–water partition coefficient (Wildman–Crippen LogP) is 1.28. The SMILES string of the molecule is CC(=O)NCC(=O)NCC(=O)Oc1cc(C)cc(C(C)C)c1. The van der Waals surface area contributed by atoms with Crippen LogP contribution in [0.15, 0.2) is 18.2 Å². The number of amides is 2. The van der Waals surface area contributed by atoms with Crippen LogP contribution in [0.5, 0.6) is 5.75 Å². The fourth-order valence-corrected chi connectivity index (χ4v) is 1.77. The highest BCUT2D eigenvalue weighted by Gasteiger charge is 2.10. The third-order valence-electron chi connectivity index (χ3n) is 2.90. The first kappa shape index (κ1) is 17.7. The van der Waals surface area contributed by atoms with Crippen LogP contribution in [0.2, 0.25) is 0 Å². The Hall–Kier alpha value is -2.37. The first-order valence-electron chi connectivity index (χ1n) is 7.11. The predicted molar refractivity (Wildman–Crippen MR) is 82.6 cm³/mol. The third kappa shape index (κ3) is 6.39. The summed E-state index contributed by atoms with van der Waals surface area (Å²) in [6.45, 7) is 6.95. The summed E-state index contributed by atoms with van der Waals surface area (Å²) in [7, 11) is 0. The molecule has 120 valence electrons. The van der Waals surface area contributed by atoms with Gasteiger partial charge in [0.2, 0.25) is 11.8 Å². The molecule has 0 aromatic heterocycles. The molecule has 22 heavy (non-hydrogen) atoms. The summed E-state index contributed by atoms with van der Waals surface area (Å²) in [5, 5.41) is 4.72. The number of esters is 1. The molecule has 0 saturated carbocycles. The molecule has 0 aliphatic rings. The topological polar surface area (TPSA) is 84.5 Å². The highest BCUT2D eigenvalue weighted by molar-refractivity contribution is 5.86. The summed E-state index contributed by atoms with van der Waals surface area (Å²) in [6.07, 6.45) is 0. The molecule has 0 atom stereocenters. The van der Waals surface area contributed by atoms with Gasteiger partial charge in [-0.1, -0.05) is 19.9 Å². The first-order chi connectivity index (χ1) is 10.3. The minimum Gasteiger partial charge on any atom is -0.425 e. The molecule has 0 saturated heterocycles. The normalized spacial score (nSPS) is 10.2. The molecule has 0 spiro atoms. The Morgan fingerprint density at radius 3 is 2.36 bits per heavy atom. The number of hydrogen-bond acceptors (Lipinski definition) is 4. The van der Waals surface area contributed by atoms with E-state index in [0.29, 0.717) is 11.7 Å². The third-order valence-corrected chi connectivity index (χ3v) is 2.90. The highest BCUT2D eigenvalue weighted by atomic mass is 16.5. The van der Waals surface area contributed by atoms with Gasteiger partial charge in [0.15, 0.2) is 0 Å². The van der Waals surface area contributed by atoms with Crippen molar-refractivity contribution in [1.82, 2.24) is 10.6 Å². The molecule has 2 N–H and O–H groups in total. The number of carbonyl (C=O) groups is 3. The molecule has 6 nitrogen and oxygen atoms in total. The maximum absolute atomic E-state index is 11.7. The molecule has 2 amide bonds. The van der Waals surface area contributed by atoms with Crippen molar-refractivity contribution in [2.24, 2.45) is 0 Å². The number of hydrogen-bond donors (Lipinski definition) is 2. The Morgan fingerprint density at radius 1 is 1.09 bits per heavy atom. The smallest absolute Gasteiger partial charge is 0.330 e. The van der Waals surface area contributed by atoms with Crippen molar-refractivity contribution in [3.05, 3.63) is 29.3 Å². The summed E-state index contributed by atoms with van der Waals surface area (Å²) in [6, 6.07) is 5.62. The lowest BCUT2D eigenvalue weighted by Crippen LogP contribution is -2.39. The molecular weight excluding hydrogens is 284 g/mol. The molecule has 0 radical (unpaired) electrons. The van der Waals surface area contributed by atoms with Crippen LogP contribution in [0.1, 0.15) is 37.8 Å². The molecule has 1 rings (SSSR count). The first-order valence-corrected chi connectivity index (χ1v) is 7.11. The Bertz CT molecular complexity index is 567. The van der Waals surface area contributed by atoms with Crippen molar-refractivity contribution in [3.8, 4) is 5.75 Å². The van der Waals surface area contributed by atoms with Crippen LogP contribution >= 0.6 is 0 Å². The van der Waals surface area contributed by atoms with Gasteiger partial charge in [0.25, 0.3) is 0 Å². The van der Waals surface area contributed by atoms with E-state index in [1.807, 2.05) is 19.1 Å². The standard InChI is InChI=1S/C16H22N2O4/c1-10(2)13-5-11(3)6-14(7-13)22-16(21)9-18-15(20)8-17-12(4)19/h5-7,10H,8-9H2,1-4H3,(H,17,19)(H,18,20). The maximum Gasteiger partial charge on any atom is 0.330 e. The quantitative estimate of drug-likeness (QED) is 0.612. The van der Waals surface area contributed by atoms with Gasteiger partial charge in [-0.15, -0.1) is 0 Å². The Labute approximate surface area is 130 Å². The zero-order valence-electron chi connectivity index (χ0n) is 13.4. The second kappa shape index (κ2) is 8.17. The van der Waals surface area contributed by atoms with Crippen LogP contribution in [-0.4, -0.2) is 30.9 Å². The van der Waals surface area contributed by atoms with Gasteiger partial charge in [-0.05, 0) is 36.1 Å². The number of rotatable bonds is 6. The average molecular weight is 306 g/mol. The Balaban J connectivity index is 2.51.